The van der Waals surface area contributed by atoms with E-state index in [1.807, 2.05) is 0 Å². The number of hydrogen-bond acceptors (Lipinski definition) is 6. The normalized spacial score (nSPS) is 10.6. The smallest absolute Gasteiger partial charge is 0.262 e. The van der Waals surface area contributed by atoms with Crippen molar-refractivity contribution in [2.45, 2.75) is 6.92 Å². The van der Waals surface area contributed by atoms with Gasteiger partial charge in [-0.1, -0.05) is 6.07 Å². The van der Waals surface area contributed by atoms with Crippen molar-refractivity contribution in [2.24, 2.45) is 0 Å². The lowest BCUT2D eigenvalue weighted by Gasteiger charge is -2.15. The van der Waals surface area contributed by atoms with Crippen LogP contribution in [-0.4, -0.2) is 57.2 Å². The molecule has 1 N–H and O–H groups in total. The number of ether oxygens (including phenoxy) is 1. The van der Waals surface area contributed by atoms with Gasteiger partial charge in [-0.2, -0.15) is 4.52 Å². The van der Waals surface area contributed by atoms with Crippen LogP contribution in [-0.2, 0) is 4.79 Å². The average molecular weight is 354 g/mol. The summed E-state index contributed by atoms with van der Waals surface area (Å²) in [5.74, 6) is -0.199. The number of carbonyl (C=O) groups is 2. The van der Waals surface area contributed by atoms with Crippen LogP contribution in [0.5, 0.6) is 5.88 Å². The summed E-state index contributed by atoms with van der Waals surface area (Å²) >= 11 is 0. The Bertz CT molecular complexity index is 966. The summed E-state index contributed by atoms with van der Waals surface area (Å²) in [5.41, 5.74) is 2.38. The van der Waals surface area contributed by atoms with E-state index < -0.39 is 0 Å². The number of benzene rings is 1. The van der Waals surface area contributed by atoms with E-state index in [4.69, 9.17) is 4.74 Å². The molecule has 0 fully saturated rings. The minimum atomic E-state index is -0.354. The standard InChI is InChI=1S/C17H18N6O3/c1-11-12(17(25)22(2)3)5-4-6-13(11)19-15(24)9-26-16-8-7-14-20-18-10-23(14)21-16/h4-8,10H,9H2,1-3H3,(H,19,24). The van der Waals surface area contributed by atoms with Crippen LogP contribution >= 0.6 is 0 Å². The molecular weight excluding hydrogens is 336 g/mol. The van der Waals surface area contributed by atoms with Gasteiger partial charge in [0.25, 0.3) is 11.8 Å². The molecule has 0 saturated carbocycles. The molecule has 0 spiro atoms. The van der Waals surface area contributed by atoms with Gasteiger partial charge in [0.1, 0.15) is 6.33 Å². The molecular formula is C17H18N6O3. The van der Waals surface area contributed by atoms with E-state index in [1.165, 1.54) is 15.7 Å². The van der Waals surface area contributed by atoms with Crippen molar-refractivity contribution in [1.29, 1.82) is 0 Å². The van der Waals surface area contributed by atoms with Crippen molar-refractivity contribution >= 4 is 23.1 Å². The fourth-order valence-corrected chi connectivity index (χ4v) is 2.36. The van der Waals surface area contributed by atoms with E-state index in [0.717, 1.165) is 0 Å². The lowest BCUT2D eigenvalue weighted by molar-refractivity contribution is -0.118. The van der Waals surface area contributed by atoms with Gasteiger partial charge in [0.05, 0.1) is 0 Å². The SMILES string of the molecule is Cc1c(NC(=O)COc2ccc3nncn3n2)cccc1C(=O)N(C)C. The summed E-state index contributed by atoms with van der Waals surface area (Å²) in [6.07, 6.45) is 1.44. The third kappa shape index (κ3) is 3.61. The zero-order valence-electron chi connectivity index (χ0n) is 14.6. The Morgan fingerprint density at radius 3 is 2.81 bits per heavy atom. The first kappa shape index (κ1) is 17.3. The third-order valence-electron chi connectivity index (χ3n) is 3.73. The Morgan fingerprint density at radius 2 is 2.04 bits per heavy atom. The first-order valence-corrected chi connectivity index (χ1v) is 7.86. The number of carbonyl (C=O) groups excluding carboxylic acids is 2. The summed E-state index contributed by atoms with van der Waals surface area (Å²) < 4.78 is 6.85. The Hall–Kier alpha value is -3.49. The lowest BCUT2D eigenvalue weighted by atomic mass is 10.1. The van der Waals surface area contributed by atoms with E-state index in [0.29, 0.717) is 22.5 Å². The minimum absolute atomic E-state index is 0.124. The highest BCUT2D eigenvalue weighted by Crippen LogP contribution is 2.20. The second-order valence-electron chi connectivity index (χ2n) is 5.82. The van der Waals surface area contributed by atoms with E-state index in [1.54, 1.807) is 51.4 Å². The number of nitrogens with one attached hydrogen (secondary N) is 1. The highest BCUT2D eigenvalue weighted by Gasteiger charge is 2.15. The molecule has 134 valence electrons. The molecule has 0 saturated heterocycles. The van der Waals surface area contributed by atoms with Crippen molar-refractivity contribution in [3.63, 3.8) is 0 Å². The predicted molar refractivity (Wildman–Crippen MR) is 94.1 cm³/mol. The molecule has 3 rings (SSSR count). The Balaban J connectivity index is 1.66. The maximum Gasteiger partial charge on any atom is 0.262 e. The second kappa shape index (κ2) is 7.18. The molecule has 26 heavy (non-hydrogen) atoms. The van der Waals surface area contributed by atoms with Gasteiger partial charge in [-0.3, -0.25) is 9.59 Å². The zero-order chi connectivity index (χ0) is 18.7. The Kier molecular flexibility index (Phi) is 4.78. The molecule has 3 aromatic rings. The number of rotatable bonds is 5. The van der Waals surface area contributed by atoms with E-state index in [-0.39, 0.29) is 24.3 Å². The van der Waals surface area contributed by atoms with Gasteiger partial charge in [-0.15, -0.1) is 15.3 Å². The molecule has 2 heterocycles. The maximum atomic E-state index is 12.2. The quantitative estimate of drug-likeness (QED) is 0.737. The number of aromatic nitrogens is 4. The number of hydrogen-bond donors (Lipinski definition) is 1. The largest absolute Gasteiger partial charge is 0.467 e. The first-order chi connectivity index (χ1) is 12.5. The van der Waals surface area contributed by atoms with Gasteiger partial charge in [0, 0.05) is 31.4 Å². The van der Waals surface area contributed by atoms with Crippen LogP contribution < -0.4 is 10.1 Å². The van der Waals surface area contributed by atoms with Gasteiger partial charge >= 0.3 is 0 Å². The predicted octanol–water partition coefficient (Wildman–Crippen LogP) is 1.15. The molecule has 0 aliphatic heterocycles. The molecule has 0 bridgehead atoms. The monoisotopic (exact) mass is 354 g/mol. The fourth-order valence-electron chi connectivity index (χ4n) is 2.36. The topological polar surface area (TPSA) is 102 Å². The van der Waals surface area contributed by atoms with E-state index >= 15 is 0 Å². The van der Waals surface area contributed by atoms with E-state index in [2.05, 4.69) is 20.6 Å². The molecule has 9 nitrogen and oxygen atoms in total. The molecule has 0 aliphatic rings. The highest BCUT2D eigenvalue weighted by molar-refractivity contribution is 5.99. The van der Waals surface area contributed by atoms with Crippen molar-refractivity contribution < 1.29 is 14.3 Å². The first-order valence-electron chi connectivity index (χ1n) is 7.86. The van der Waals surface area contributed by atoms with Crippen LogP contribution in [0.2, 0.25) is 0 Å². The van der Waals surface area contributed by atoms with Crippen molar-refractivity contribution in [1.82, 2.24) is 24.7 Å². The summed E-state index contributed by atoms with van der Waals surface area (Å²) in [4.78, 5) is 25.8. The van der Waals surface area contributed by atoms with Gasteiger partial charge in [-0.05, 0) is 30.7 Å². The van der Waals surface area contributed by atoms with Crippen LogP contribution in [0, 0.1) is 6.92 Å². The summed E-state index contributed by atoms with van der Waals surface area (Å²) in [7, 11) is 3.36. The van der Waals surface area contributed by atoms with Crippen molar-refractivity contribution in [3.8, 4) is 5.88 Å². The minimum Gasteiger partial charge on any atom is -0.467 e. The second-order valence-corrected chi connectivity index (χ2v) is 5.82. The third-order valence-corrected chi connectivity index (χ3v) is 3.73. The fraction of sp³-hybridized carbons (Fsp3) is 0.235. The Morgan fingerprint density at radius 1 is 1.23 bits per heavy atom. The maximum absolute atomic E-state index is 12.2. The highest BCUT2D eigenvalue weighted by atomic mass is 16.5. The number of nitrogens with zero attached hydrogens (tertiary/aromatic N) is 5. The van der Waals surface area contributed by atoms with Gasteiger partial charge in [0.15, 0.2) is 12.3 Å². The van der Waals surface area contributed by atoms with Crippen LogP contribution in [0.25, 0.3) is 5.65 Å². The molecule has 0 radical (unpaired) electrons. The van der Waals surface area contributed by atoms with Gasteiger partial charge < -0.3 is 15.0 Å². The molecule has 2 aromatic heterocycles. The van der Waals surface area contributed by atoms with Crippen LogP contribution in [0.4, 0.5) is 5.69 Å². The number of anilines is 1. The Labute approximate surface area is 149 Å². The average Bonchev–Trinajstić information content (AvgIpc) is 3.09. The van der Waals surface area contributed by atoms with Crippen LogP contribution in [0.15, 0.2) is 36.7 Å². The number of fused-ring (bicyclic) bond motifs is 1. The van der Waals surface area contributed by atoms with Crippen molar-refractivity contribution in [2.75, 3.05) is 26.0 Å². The molecule has 0 atom stereocenters. The molecule has 0 unspecified atom stereocenters. The summed E-state index contributed by atoms with van der Waals surface area (Å²) in [6.45, 7) is 1.57. The molecule has 9 heteroatoms. The zero-order valence-corrected chi connectivity index (χ0v) is 14.6. The van der Waals surface area contributed by atoms with Gasteiger partial charge in [0.2, 0.25) is 5.88 Å². The molecule has 0 aliphatic carbocycles. The molecule has 2 amide bonds. The lowest BCUT2D eigenvalue weighted by Crippen LogP contribution is -2.24. The van der Waals surface area contributed by atoms with Crippen LogP contribution in [0.3, 0.4) is 0 Å². The molecule has 1 aromatic carbocycles. The summed E-state index contributed by atoms with van der Waals surface area (Å²) in [6, 6.07) is 8.48. The van der Waals surface area contributed by atoms with Crippen LogP contribution in [0.1, 0.15) is 15.9 Å². The summed E-state index contributed by atoms with van der Waals surface area (Å²) in [5, 5.41) is 14.4. The van der Waals surface area contributed by atoms with Gasteiger partial charge in [-0.25, -0.2) is 0 Å². The van der Waals surface area contributed by atoms with E-state index in [9.17, 15) is 9.59 Å². The van der Waals surface area contributed by atoms with Crippen molar-refractivity contribution in [3.05, 3.63) is 47.8 Å². The number of amides is 2.